The molecule has 0 amide bonds. The summed E-state index contributed by atoms with van der Waals surface area (Å²) in [4.78, 5) is 12.2. The van der Waals surface area contributed by atoms with Crippen molar-refractivity contribution >= 4 is 40.6 Å². The smallest absolute Gasteiger partial charge is 0.178 e. The molecule has 0 spiro atoms. The second-order valence-corrected chi connectivity index (χ2v) is 8.09. The van der Waals surface area contributed by atoms with Crippen LogP contribution in [0.1, 0.15) is 24.2 Å². The first-order valence-corrected chi connectivity index (χ1v) is 8.81. The minimum atomic E-state index is -0.841. The van der Waals surface area contributed by atoms with E-state index in [2.05, 4.69) is 10.2 Å². The lowest BCUT2D eigenvalue weighted by Gasteiger charge is -2.08. The molecular formula is C13H12F2N2OS3. The van der Waals surface area contributed by atoms with Gasteiger partial charge in [0.05, 0.1) is 10.8 Å². The average Bonchev–Trinajstić information content (AvgIpc) is 2.86. The summed E-state index contributed by atoms with van der Waals surface area (Å²) < 4.78 is 28.0. The first-order valence-electron chi connectivity index (χ1n) is 6.13. The van der Waals surface area contributed by atoms with E-state index in [1.54, 1.807) is 18.7 Å². The maximum absolute atomic E-state index is 13.6. The van der Waals surface area contributed by atoms with Gasteiger partial charge < -0.3 is 0 Å². The minimum absolute atomic E-state index is 0.107. The van der Waals surface area contributed by atoms with Gasteiger partial charge in [0.2, 0.25) is 0 Å². The molecule has 1 heterocycles. The molecule has 1 aromatic carbocycles. The third kappa shape index (κ3) is 4.24. The van der Waals surface area contributed by atoms with E-state index in [0.29, 0.717) is 10.4 Å². The molecule has 112 valence electrons. The van der Waals surface area contributed by atoms with Crippen molar-refractivity contribution in [2.75, 3.05) is 5.75 Å². The molecule has 0 N–H and O–H groups in total. The Morgan fingerprint density at radius 1 is 1.33 bits per heavy atom. The molecule has 1 unspecified atom stereocenters. The summed E-state index contributed by atoms with van der Waals surface area (Å²) in [5.41, 5.74) is -0.107. The number of ketones is 1. The summed E-state index contributed by atoms with van der Waals surface area (Å²) in [6, 6.07) is 2.96. The number of thioether (sulfide) groups is 2. The highest BCUT2D eigenvalue weighted by Gasteiger charge is 2.21. The summed E-state index contributed by atoms with van der Waals surface area (Å²) in [5.74, 6) is -1.03. The number of rotatable bonds is 6. The number of nitrogens with zero attached hydrogens (tertiary/aromatic N) is 2. The van der Waals surface area contributed by atoms with Gasteiger partial charge in [0, 0.05) is 6.07 Å². The molecule has 0 fully saturated rings. The van der Waals surface area contributed by atoms with Gasteiger partial charge in [-0.25, -0.2) is 8.78 Å². The first-order chi connectivity index (χ1) is 10.0. The second-order valence-electron chi connectivity index (χ2n) is 4.02. The van der Waals surface area contributed by atoms with Crippen LogP contribution in [0.15, 0.2) is 26.9 Å². The molecule has 1 aromatic heterocycles. The molecule has 3 nitrogen and oxygen atoms in total. The van der Waals surface area contributed by atoms with Gasteiger partial charge in [-0.15, -0.1) is 10.2 Å². The molecule has 0 aliphatic heterocycles. The maximum atomic E-state index is 13.6. The fourth-order valence-corrected chi connectivity index (χ4v) is 4.67. The molecule has 0 saturated carbocycles. The van der Waals surface area contributed by atoms with Crippen molar-refractivity contribution in [3.05, 3.63) is 35.4 Å². The number of benzene rings is 1. The lowest BCUT2D eigenvalue weighted by atomic mass is 10.1. The second kappa shape index (κ2) is 7.33. The molecular weight excluding hydrogens is 334 g/mol. The van der Waals surface area contributed by atoms with Crippen LogP contribution in [0.25, 0.3) is 0 Å². The van der Waals surface area contributed by atoms with Crippen LogP contribution < -0.4 is 0 Å². The van der Waals surface area contributed by atoms with Crippen molar-refractivity contribution in [1.29, 1.82) is 0 Å². The standard InChI is InChI=1S/C13H12F2N2OS3/c1-3-19-12-16-17-13(21-12)20-7(2)11(18)9-5-4-8(14)6-10(9)15/h4-7H,3H2,1-2H3. The van der Waals surface area contributed by atoms with E-state index in [4.69, 9.17) is 0 Å². The van der Waals surface area contributed by atoms with Crippen molar-refractivity contribution < 1.29 is 13.6 Å². The fourth-order valence-electron chi connectivity index (χ4n) is 1.54. The monoisotopic (exact) mass is 346 g/mol. The largest absolute Gasteiger partial charge is 0.293 e. The number of halogens is 2. The van der Waals surface area contributed by atoms with Crippen LogP contribution in [0.4, 0.5) is 8.78 Å². The summed E-state index contributed by atoms with van der Waals surface area (Å²) in [5, 5.41) is 7.47. The number of aromatic nitrogens is 2. The van der Waals surface area contributed by atoms with E-state index in [1.165, 1.54) is 29.2 Å². The molecule has 0 saturated heterocycles. The first kappa shape index (κ1) is 16.4. The molecule has 0 radical (unpaired) electrons. The highest BCUT2D eigenvalue weighted by Crippen LogP contribution is 2.32. The molecule has 8 heteroatoms. The van der Waals surface area contributed by atoms with Gasteiger partial charge in [-0.3, -0.25) is 4.79 Å². The highest BCUT2D eigenvalue weighted by atomic mass is 32.2. The van der Waals surface area contributed by atoms with E-state index < -0.39 is 22.7 Å². The number of hydrogen-bond acceptors (Lipinski definition) is 6. The maximum Gasteiger partial charge on any atom is 0.178 e. The zero-order valence-corrected chi connectivity index (χ0v) is 13.7. The molecule has 0 aliphatic carbocycles. The summed E-state index contributed by atoms with van der Waals surface area (Å²) >= 11 is 4.21. The SMILES string of the molecule is CCSc1nnc(SC(C)C(=O)c2ccc(F)cc2F)s1. The predicted octanol–water partition coefficient (Wildman–Crippen LogP) is 4.29. The molecule has 0 aliphatic rings. The Morgan fingerprint density at radius 3 is 2.71 bits per heavy atom. The lowest BCUT2D eigenvalue weighted by molar-refractivity contribution is 0.0990. The Hall–Kier alpha value is -0.990. The Balaban J connectivity index is 2.08. The van der Waals surface area contributed by atoms with E-state index in [-0.39, 0.29) is 5.56 Å². The number of carbonyl (C=O) groups excluding carboxylic acids is 1. The van der Waals surface area contributed by atoms with Crippen LogP contribution in [0.3, 0.4) is 0 Å². The Morgan fingerprint density at radius 2 is 2.05 bits per heavy atom. The quantitative estimate of drug-likeness (QED) is 0.576. The van der Waals surface area contributed by atoms with E-state index in [9.17, 15) is 13.6 Å². The molecule has 21 heavy (non-hydrogen) atoms. The van der Waals surface area contributed by atoms with Crippen LogP contribution in [-0.2, 0) is 0 Å². The van der Waals surface area contributed by atoms with Crippen LogP contribution in [0.5, 0.6) is 0 Å². The lowest BCUT2D eigenvalue weighted by Crippen LogP contribution is -2.15. The minimum Gasteiger partial charge on any atom is -0.293 e. The van der Waals surface area contributed by atoms with E-state index >= 15 is 0 Å². The molecule has 2 rings (SSSR count). The third-order valence-corrected chi connectivity index (χ3v) is 5.62. The third-order valence-electron chi connectivity index (χ3n) is 2.50. The van der Waals surface area contributed by atoms with Crippen molar-refractivity contribution in [2.45, 2.75) is 27.8 Å². The van der Waals surface area contributed by atoms with Gasteiger partial charge in [-0.05, 0) is 24.8 Å². The number of carbonyl (C=O) groups is 1. The molecule has 2 aromatic rings. The van der Waals surface area contributed by atoms with Crippen LogP contribution in [-0.4, -0.2) is 27.0 Å². The topological polar surface area (TPSA) is 42.9 Å². The van der Waals surface area contributed by atoms with Crippen LogP contribution in [0, 0.1) is 11.6 Å². The summed E-state index contributed by atoms with van der Waals surface area (Å²) in [6.07, 6.45) is 0. The van der Waals surface area contributed by atoms with Crippen LogP contribution in [0.2, 0.25) is 0 Å². The number of Topliss-reactive ketones (excluding diaryl/α,β-unsaturated/α-hetero) is 1. The fraction of sp³-hybridized carbons (Fsp3) is 0.308. The summed E-state index contributed by atoms with van der Waals surface area (Å²) in [7, 11) is 0. The summed E-state index contributed by atoms with van der Waals surface area (Å²) in [6.45, 7) is 3.69. The van der Waals surface area contributed by atoms with Gasteiger partial charge >= 0.3 is 0 Å². The zero-order chi connectivity index (χ0) is 15.4. The van der Waals surface area contributed by atoms with E-state index in [1.807, 2.05) is 6.92 Å². The zero-order valence-electron chi connectivity index (χ0n) is 11.3. The van der Waals surface area contributed by atoms with Gasteiger partial charge in [-0.2, -0.15) is 0 Å². The number of hydrogen-bond donors (Lipinski definition) is 0. The van der Waals surface area contributed by atoms with Crippen molar-refractivity contribution in [3.63, 3.8) is 0 Å². The molecule has 0 bridgehead atoms. The van der Waals surface area contributed by atoms with Crippen LogP contribution >= 0.6 is 34.9 Å². The predicted molar refractivity (Wildman–Crippen MR) is 82.3 cm³/mol. The molecule has 1 atom stereocenters. The van der Waals surface area contributed by atoms with Gasteiger partial charge in [0.1, 0.15) is 11.6 Å². The Kier molecular flexibility index (Phi) is 5.72. The van der Waals surface area contributed by atoms with Crippen molar-refractivity contribution in [3.8, 4) is 0 Å². The van der Waals surface area contributed by atoms with Gasteiger partial charge in [0.15, 0.2) is 14.5 Å². The van der Waals surface area contributed by atoms with Crippen molar-refractivity contribution in [2.24, 2.45) is 0 Å². The van der Waals surface area contributed by atoms with Gasteiger partial charge in [-0.1, -0.05) is 41.8 Å². The van der Waals surface area contributed by atoms with Gasteiger partial charge in [0.25, 0.3) is 0 Å². The Labute approximate surface area is 133 Å². The highest BCUT2D eigenvalue weighted by molar-refractivity contribution is 8.03. The van der Waals surface area contributed by atoms with E-state index in [0.717, 1.165) is 16.2 Å². The average molecular weight is 346 g/mol. The normalized spacial score (nSPS) is 12.4. The van der Waals surface area contributed by atoms with Crippen molar-refractivity contribution in [1.82, 2.24) is 10.2 Å². The Bertz CT molecular complexity index is 648.